The molecule has 5 aromatic rings. The molecular weight excluding hydrogens is 492 g/mol. The Bertz CT molecular complexity index is 1670. The van der Waals surface area contributed by atoms with Crippen LogP contribution < -0.4 is 4.74 Å². The number of aromatic nitrogens is 6. The number of rotatable bonds is 7. The summed E-state index contributed by atoms with van der Waals surface area (Å²) in [5.74, 6) is 0.341. The number of hydrogen-bond acceptors (Lipinski definition) is 8. The molecule has 1 saturated heterocycles. The summed E-state index contributed by atoms with van der Waals surface area (Å²) in [6.45, 7) is 4.90. The van der Waals surface area contributed by atoms with E-state index in [-0.39, 0.29) is 6.10 Å². The number of hydrogen-bond donors (Lipinski definition) is 1. The molecule has 0 bridgehead atoms. The van der Waals surface area contributed by atoms with Crippen molar-refractivity contribution in [2.45, 2.75) is 25.9 Å². The summed E-state index contributed by atoms with van der Waals surface area (Å²) >= 11 is 0. The van der Waals surface area contributed by atoms with Crippen LogP contribution in [0.3, 0.4) is 0 Å². The van der Waals surface area contributed by atoms with Crippen molar-refractivity contribution in [3.05, 3.63) is 60.7 Å². The van der Waals surface area contributed by atoms with Gasteiger partial charge in [-0.25, -0.2) is 9.97 Å². The lowest BCUT2D eigenvalue weighted by atomic mass is 9.99. The molecule has 2 atom stereocenters. The molecular formula is C29H30N8O2. The van der Waals surface area contributed by atoms with Gasteiger partial charge >= 0.3 is 6.01 Å². The highest BCUT2D eigenvalue weighted by atomic mass is 16.5. The molecule has 0 saturated carbocycles. The topological polar surface area (TPSA) is 117 Å². The predicted molar refractivity (Wildman–Crippen MR) is 147 cm³/mol. The molecule has 10 heteroatoms. The fourth-order valence-corrected chi connectivity index (χ4v) is 5.43. The molecule has 1 aliphatic heterocycles. The summed E-state index contributed by atoms with van der Waals surface area (Å²) in [5, 5.41) is 24.4. The number of piperidine rings is 1. The third kappa shape index (κ3) is 4.94. The highest BCUT2D eigenvalue weighted by Gasteiger charge is 2.24. The molecule has 1 N–H and O–H groups in total. The largest absolute Gasteiger partial charge is 0.464 e. The minimum atomic E-state index is -0.347. The van der Waals surface area contributed by atoms with Crippen LogP contribution in [0.15, 0.2) is 55.1 Å². The maximum Gasteiger partial charge on any atom is 0.302 e. The molecule has 10 nitrogen and oxygen atoms in total. The van der Waals surface area contributed by atoms with E-state index in [1.54, 1.807) is 29.2 Å². The number of ether oxygens (including phenoxy) is 1. The van der Waals surface area contributed by atoms with Gasteiger partial charge in [0.05, 0.1) is 41.8 Å². The Labute approximate surface area is 226 Å². The van der Waals surface area contributed by atoms with Gasteiger partial charge in [-0.2, -0.15) is 15.3 Å². The molecule has 0 spiro atoms. The first-order valence-corrected chi connectivity index (χ1v) is 13.2. The van der Waals surface area contributed by atoms with Crippen LogP contribution in [0.5, 0.6) is 6.01 Å². The van der Waals surface area contributed by atoms with Crippen molar-refractivity contribution >= 4 is 16.7 Å². The Morgan fingerprint density at radius 2 is 2.00 bits per heavy atom. The average Bonchev–Trinajstić information content (AvgIpc) is 3.58. The van der Waals surface area contributed by atoms with E-state index < -0.39 is 0 Å². The first kappa shape index (κ1) is 25.0. The highest BCUT2D eigenvalue weighted by Crippen LogP contribution is 2.37. The van der Waals surface area contributed by atoms with Crippen LogP contribution in [0.1, 0.15) is 25.3 Å². The highest BCUT2D eigenvalue weighted by molar-refractivity contribution is 5.93. The van der Waals surface area contributed by atoms with Crippen molar-refractivity contribution in [2.24, 2.45) is 13.0 Å². The van der Waals surface area contributed by atoms with Crippen molar-refractivity contribution in [3.63, 3.8) is 0 Å². The zero-order valence-corrected chi connectivity index (χ0v) is 22.0. The lowest BCUT2D eigenvalue weighted by Crippen LogP contribution is -2.41. The van der Waals surface area contributed by atoms with Crippen LogP contribution in [0, 0.1) is 17.2 Å². The fourth-order valence-electron chi connectivity index (χ4n) is 5.43. The Hall–Kier alpha value is -4.33. The number of aryl methyl sites for hydroxylation is 1. The standard InChI is InChI=1S/C29H30N8O2/c1-19(38)16-36-10-3-4-21(17-36)18-39-29-34-26(22-7-5-20(13-30)6-8-22)25(28-31-9-11-37(28)29)23-12-24-15-33-35(2)27(24)32-14-23/h5-9,11-12,14-15,19,21,38H,3-4,10,16-18H2,1-2H3/t19-,21+/m0/s1. The van der Waals surface area contributed by atoms with E-state index in [9.17, 15) is 10.4 Å². The quantitative estimate of drug-likeness (QED) is 0.344. The monoisotopic (exact) mass is 522 g/mol. The van der Waals surface area contributed by atoms with Crippen LogP contribution in [0.25, 0.3) is 39.1 Å². The van der Waals surface area contributed by atoms with Gasteiger partial charge < -0.3 is 14.7 Å². The second-order valence-corrected chi connectivity index (χ2v) is 10.3. The second kappa shape index (κ2) is 10.4. The van der Waals surface area contributed by atoms with E-state index >= 15 is 0 Å². The number of nitrogens with zero attached hydrogens (tertiary/aromatic N) is 8. The van der Waals surface area contributed by atoms with Crippen LogP contribution in [0.4, 0.5) is 0 Å². The Kier molecular flexibility index (Phi) is 6.69. The zero-order valence-electron chi connectivity index (χ0n) is 22.0. The zero-order chi connectivity index (χ0) is 26.9. The molecule has 0 unspecified atom stereocenters. The first-order chi connectivity index (χ1) is 19.0. The number of aliphatic hydroxyl groups excluding tert-OH is 1. The van der Waals surface area contributed by atoms with Gasteiger partial charge in [0.1, 0.15) is 0 Å². The molecule has 1 fully saturated rings. The summed E-state index contributed by atoms with van der Waals surface area (Å²) < 4.78 is 10.0. The van der Waals surface area contributed by atoms with Crippen molar-refractivity contribution in [1.82, 2.24) is 34.0 Å². The van der Waals surface area contributed by atoms with Crippen molar-refractivity contribution in [3.8, 4) is 34.5 Å². The summed E-state index contributed by atoms with van der Waals surface area (Å²) in [7, 11) is 1.87. The minimum absolute atomic E-state index is 0.341. The summed E-state index contributed by atoms with van der Waals surface area (Å²) in [4.78, 5) is 16.7. The molecule has 0 amide bonds. The number of nitriles is 1. The molecule has 6 rings (SSSR count). The average molecular weight is 523 g/mol. The van der Waals surface area contributed by atoms with E-state index in [2.05, 4.69) is 21.1 Å². The lowest BCUT2D eigenvalue weighted by molar-refractivity contribution is 0.0778. The number of benzene rings is 1. The Balaban J connectivity index is 1.41. The van der Waals surface area contributed by atoms with E-state index in [1.807, 2.05) is 49.0 Å². The van der Waals surface area contributed by atoms with Gasteiger partial charge in [0.2, 0.25) is 0 Å². The molecule has 4 aromatic heterocycles. The van der Waals surface area contributed by atoms with Gasteiger partial charge in [0, 0.05) is 61.2 Å². The molecule has 0 radical (unpaired) electrons. The maximum atomic E-state index is 9.82. The van der Waals surface area contributed by atoms with Gasteiger partial charge in [-0.1, -0.05) is 12.1 Å². The molecule has 198 valence electrons. The van der Waals surface area contributed by atoms with Gasteiger partial charge in [-0.05, 0) is 44.5 Å². The number of β-amino-alcohol motifs (C(OH)–C–C–N with tert-alkyl or cyclic N) is 1. The van der Waals surface area contributed by atoms with E-state index in [1.165, 1.54) is 0 Å². The van der Waals surface area contributed by atoms with Gasteiger partial charge in [0.15, 0.2) is 11.3 Å². The molecule has 0 aliphatic carbocycles. The Morgan fingerprint density at radius 3 is 2.79 bits per heavy atom. The number of pyridine rings is 1. The second-order valence-electron chi connectivity index (χ2n) is 10.3. The van der Waals surface area contributed by atoms with Crippen LogP contribution in [-0.2, 0) is 7.05 Å². The van der Waals surface area contributed by atoms with Crippen LogP contribution in [0.2, 0.25) is 0 Å². The van der Waals surface area contributed by atoms with Gasteiger partial charge in [0.25, 0.3) is 0 Å². The van der Waals surface area contributed by atoms with Crippen molar-refractivity contribution < 1.29 is 9.84 Å². The van der Waals surface area contributed by atoms with Crippen molar-refractivity contribution in [1.29, 1.82) is 5.26 Å². The number of fused-ring (bicyclic) bond motifs is 2. The molecule has 5 heterocycles. The number of likely N-dealkylation sites (tertiary alicyclic amines) is 1. The van der Waals surface area contributed by atoms with Gasteiger partial charge in [-0.3, -0.25) is 9.08 Å². The van der Waals surface area contributed by atoms with Crippen LogP contribution >= 0.6 is 0 Å². The molecule has 1 aromatic carbocycles. The summed E-state index contributed by atoms with van der Waals surface area (Å²) in [6.07, 6.45) is 9.03. The van der Waals surface area contributed by atoms with E-state index in [4.69, 9.17) is 14.7 Å². The first-order valence-electron chi connectivity index (χ1n) is 13.2. The number of imidazole rings is 1. The minimum Gasteiger partial charge on any atom is -0.464 e. The summed E-state index contributed by atoms with van der Waals surface area (Å²) in [6, 6.07) is 12.1. The van der Waals surface area contributed by atoms with E-state index in [0.29, 0.717) is 42.0 Å². The predicted octanol–water partition coefficient (Wildman–Crippen LogP) is 3.69. The van der Waals surface area contributed by atoms with E-state index in [0.717, 1.165) is 53.7 Å². The third-order valence-electron chi connectivity index (χ3n) is 7.24. The summed E-state index contributed by atoms with van der Waals surface area (Å²) in [5.41, 5.74) is 5.34. The Morgan fingerprint density at radius 1 is 1.15 bits per heavy atom. The third-order valence-corrected chi connectivity index (χ3v) is 7.24. The normalized spacial score (nSPS) is 16.9. The maximum absolute atomic E-state index is 9.82. The number of aliphatic hydroxyl groups is 1. The lowest BCUT2D eigenvalue weighted by Gasteiger charge is -2.33. The van der Waals surface area contributed by atoms with Crippen LogP contribution in [-0.4, -0.2) is 71.5 Å². The molecule has 1 aliphatic rings. The SMILES string of the molecule is C[C@H](O)CN1CCC[C@@H](COc2nc(-c3ccc(C#N)cc3)c(-c3cnc4c(cnn4C)c3)c3nccn23)C1. The van der Waals surface area contributed by atoms with Gasteiger partial charge in [-0.15, -0.1) is 0 Å². The fraction of sp³-hybridized carbons (Fsp3) is 0.345. The smallest absolute Gasteiger partial charge is 0.302 e. The van der Waals surface area contributed by atoms with Crippen molar-refractivity contribution in [2.75, 3.05) is 26.2 Å². The molecule has 39 heavy (non-hydrogen) atoms.